The van der Waals surface area contributed by atoms with Gasteiger partial charge in [0.1, 0.15) is 12.6 Å². The van der Waals surface area contributed by atoms with Crippen molar-refractivity contribution >= 4 is 34.5 Å². The maximum Gasteiger partial charge on any atom is 0.408 e. The van der Waals surface area contributed by atoms with E-state index >= 15 is 0 Å². The van der Waals surface area contributed by atoms with Crippen LogP contribution in [0.15, 0.2) is 72.8 Å². The fourth-order valence-electron chi connectivity index (χ4n) is 4.20. The van der Waals surface area contributed by atoms with Crippen molar-refractivity contribution in [3.8, 4) is 0 Å². The number of rotatable bonds is 13. The molecule has 9 nitrogen and oxygen atoms in total. The number of ketones is 1. The summed E-state index contributed by atoms with van der Waals surface area (Å²) in [5.41, 5.74) is 1.41. The van der Waals surface area contributed by atoms with Gasteiger partial charge in [-0.15, -0.1) is 0 Å². The first-order valence-corrected chi connectivity index (χ1v) is 13.4. The number of carbonyl (C=O) groups is 4. The number of nitrogens with one attached hydrogen (secondary N) is 3. The second kappa shape index (κ2) is 14.8. The molecule has 0 aliphatic rings. The van der Waals surface area contributed by atoms with E-state index in [1.165, 1.54) is 0 Å². The van der Waals surface area contributed by atoms with Gasteiger partial charge in [-0.1, -0.05) is 87.5 Å². The van der Waals surface area contributed by atoms with Gasteiger partial charge in [0.05, 0.1) is 12.1 Å². The normalized spacial score (nSPS) is 13.2. The molecule has 0 radical (unpaired) electrons. The zero-order valence-electron chi connectivity index (χ0n) is 23.1. The van der Waals surface area contributed by atoms with Gasteiger partial charge in [-0.3, -0.25) is 14.4 Å². The first kappa shape index (κ1) is 30.3. The Hall–Kier alpha value is -4.24. The molecule has 0 bridgehead atoms. The largest absolute Gasteiger partial charge is 0.445 e. The Morgan fingerprint density at radius 2 is 1.52 bits per heavy atom. The highest BCUT2D eigenvalue weighted by Crippen LogP contribution is 2.20. The number of hydrogen-bond donors (Lipinski definition) is 4. The number of fused-ring (bicyclic) bond motifs is 1. The van der Waals surface area contributed by atoms with Gasteiger partial charge in [0.2, 0.25) is 11.7 Å². The summed E-state index contributed by atoms with van der Waals surface area (Å²) in [6.07, 6.45) is -1.30. The molecule has 0 heterocycles. The third-order valence-corrected chi connectivity index (χ3v) is 6.41. The van der Waals surface area contributed by atoms with Crippen LogP contribution in [0.3, 0.4) is 0 Å². The molecule has 0 aromatic heterocycles. The Balaban J connectivity index is 1.54. The lowest BCUT2D eigenvalue weighted by Gasteiger charge is -2.23. The molecule has 0 saturated heterocycles. The molecule has 0 aliphatic carbocycles. The summed E-state index contributed by atoms with van der Waals surface area (Å²) in [6, 6.07) is 20.3. The van der Waals surface area contributed by atoms with Crippen molar-refractivity contribution in [2.75, 3.05) is 6.54 Å². The molecule has 4 N–H and O–H groups in total. The van der Waals surface area contributed by atoms with Crippen LogP contribution in [0.5, 0.6) is 0 Å². The number of amides is 3. The van der Waals surface area contributed by atoms with Gasteiger partial charge in [-0.2, -0.15) is 0 Å². The number of Topliss-reactive ketones (excluding diaryl/α,β-unsaturated/α-hetero) is 1. The number of hydrogen-bond acceptors (Lipinski definition) is 6. The highest BCUT2D eigenvalue weighted by atomic mass is 16.5. The number of alkyl carbamates (subject to hydrolysis) is 1. The number of aliphatic hydroxyl groups excluding tert-OH is 1. The van der Waals surface area contributed by atoms with Crippen molar-refractivity contribution in [2.24, 2.45) is 5.92 Å². The summed E-state index contributed by atoms with van der Waals surface area (Å²) in [7, 11) is 0. The number of benzene rings is 3. The van der Waals surface area contributed by atoms with E-state index in [2.05, 4.69) is 16.0 Å². The zero-order valence-corrected chi connectivity index (χ0v) is 23.1. The van der Waals surface area contributed by atoms with Gasteiger partial charge >= 0.3 is 6.09 Å². The Labute approximate surface area is 234 Å². The number of aliphatic hydroxyl groups is 1. The average molecular weight is 548 g/mol. The minimum Gasteiger partial charge on any atom is -0.445 e. The van der Waals surface area contributed by atoms with E-state index < -0.39 is 41.9 Å². The molecule has 3 aromatic rings. The van der Waals surface area contributed by atoms with Crippen molar-refractivity contribution in [3.63, 3.8) is 0 Å². The van der Waals surface area contributed by atoms with Crippen molar-refractivity contribution in [3.05, 3.63) is 83.9 Å². The van der Waals surface area contributed by atoms with Gasteiger partial charge in [0.25, 0.3) is 5.91 Å². The molecule has 3 atom stereocenters. The van der Waals surface area contributed by atoms with Crippen LogP contribution < -0.4 is 16.0 Å². The third kappa shape index (κ3) is 8.91. The predicted molar refractivity (Wildman–Crippen MR) is 152 cm³/mol. The zero-order chi connectivity index (χ0) is 29.1. The summed E-state index contributed by atoms with van der Waals surface area (Å²) in [4.78, 5) is 50.9. The second-order valence-corrected chi connectivity index (χ2v) is 10.1. The van der Waals surface area contributed by atoms with Crippen LogP contribution in [0.1, 0.15) is 50.8 Å². The molecule has 3 amide bonds. The second-order valence-electron chi connectivity index (χ2n) is 10.1. The van der Waals surface area contributed by atoms with E-state index in [1.54, 1.807) is 13.0 Å². The average Bonchev–Trinajstić information content (AvgIpc) is 2.96. The molecule has 9 heteroatoms. The van der Waals surface area contributed by atoms with Crippen molar-refractivity contribution in [2.45, 2.75) is 58.4 Å². The van der Waals surface area contributed by atoms with Gasteiger partial charge < -0.3 is 25.8 Å². The lowest BCUT2D eigenvalue weighted by atomic mass is 10.0. The van der Waals surface area contributed by atoms with Crippen LogP contribution in [-0.2, 0) is 25.7 Å². The van der Waals surface area contributed by atoms with Crippen LogP contribution in [0.2, 0.25) is 0 Å². The van der Waals surface area contributed by atoms with Crippen molar-refractivity contribution in [1.29, 1.82) is 0 Å². The molecule has 2 unspecified atom stereocenters. The standard InChI is InChI=1S/C31H37N3O6/c1-4-25(28(36)30(38)32-18-27(35)24-15-14-22-12-8-9-13-23(22)17-24)33-29(37)26(16-20(2)3)34-31(39)40-19-21-10-6-5-7-11-21/h5-15,17,20,25-27,35H,4,16,18-19H2,1-3H3,(H,32,38)(H,33,37)(H,34,39)/t25?,26-,27?/m0/s1. The number of ether oxygens (including phenoxy) is 1. The lowest BCUT2D eigenvalue weighted by molar-refractivity contribution is -0.140. The molecule has 0 aliphatic heterocycles. The lowest BCUT2D eigenvalue weighted by Crippen LogP contribution is -2.54. The van der Waals surface area contributed by atoms with Gasteiger partial charge in [-0.05, 0) is 46.7 Å². The Bertz CT molecular complexity index is 1310. The molecule has 0 saturated carbocycles. The van der Waals surface area contributed by atoms with Crippen molar-refractivity contribution in [1.82, 2.24) is 16.0 Å². The maximum absolute atomic E-state index is 13.0. The summed E-state index contributed by atoms with van der Waals surface area (Å²) < 4.78 is 5.24. The SMILES string of the molecule is CCC(NC(=O)[C@H](CC(C)C)NC(=O)OCc1ccccc1)C(=O)C(=O)NCC(O)c1ccc2ccccc2c1. The Kier molecular flexibility index (Phi) is 11.2. The minimum absolute atomic E-state index is 0.0456. The van der Waals surface area contributed by atoms with Crippen LogP contribution in [0.25, 0.3) is 10.8 Å². The smallest absolute Gasteiger partial charge is 0.408 e. The molecule has 40 heavy (non-hydrogen) atoms. The Morgan fingerprint density at radius 1 is 0.850 bits per heavy atom. The highest BCUT2D eigenvalue weighted by Gasteiger charge is 2.30. The van der Waals surface area contributed by atoms with E-state index in [0.717, 1.165) is 16.3 Å². The first-order valence-electron chi connectivity index (χ1n) is 13.4. The van der Waals surface area contributed by atoms with Crippen LogP contribution in [-0.4, -0.2) is 47.4 Å². The monoisotopic (exact) mass is 547 g/mol. The van der Waals surface area contributed by atoms with Crippen LogP contribution in [0.4, 0.5) is 4.79 Å². The van der Waals surface area contributed by atoms with Gasteiger partial charge in [0, 0.05) is 6.54 Å². The molecule has 0 fully saturated rings. The molecule has 212 valence electrons. The van der Waals surface area contributed by atoms with E-state index in [1.807, 2.05) is 80.6 Å². The molecule has 3 aromatic carbocycles. The van der Waals surface area contributed by atoms with E-state index in [-0.39, 0.29) is 25.5 Å². The fourth-order valence-corrected chi connectivity index (χ4v) is 4.20. The fraction of sp³-hybridized carbons (Fsp3) is 0.355. The first-order chi connectivity index (χ1) is 19.2. The maximum atomic E-state index is 13.0. The number of carbonyl (C=O) groups excluding carboxylic acids is 4. The quantitative estimate of drug-likeness (QED) is 0.241. The van der Waals surface area contributed by atoms with E-state index in [4.69, 9.17) is 4.74 Å². The minimum atomic E-state index is -1.10. The van der Waals surface area contributed by atoms with Crippen LogP contribution in [0, 0.1) is 5.92 Å². The molecule has 0 spiro atoms. The molecule has 3 rings (SSSR count). The topological polar surface area (TPSA) is 134 Å². The summed E-state index contributed by atoms with van der Waals surface area (Å²) >= 11 is 0. The van der Waals surface area contributed by atoms with Crippen molar-refractivity contribution < 1.29 is 29.0 Å². The Morgan fingerprint density at radius 3 is 2.20 bits per heavy atom. The van der Waals surface area contributed by atoms with E-state index in [9.17, 15) is 24.3 Å². The summed E-state index contributed by atoms with van der Waals surface area (Å²) in [6.45, 7) is 5.34. The molecular weight excluding hydrogens is 510 g/mol. The third-order valence-electron chi connectivity index (χ3n) is 6.41. The van der Waals surface area contributed by atoms with Crippen LogP contribution >= 0.6 is 0 Å². The molecular formula is C31H37N3O6. The van der Waals surface area contributed by atoms with Gasteiger partial charge in [-0.25, -0.2) is 4.79 Å². The summed E-state index contributed by atoms with van der Waals surface area (Å²) in [5.74, 6) is -2.28. The highest BCUT2D eigenvalue weighted by molar-refractivity contribution is 6.38. The van der Waals surface area contributed by atoms with Gasteiger partial charge in [0.15, 0.2) is 0 Å². The predicted octanol–water partition coefficient (Wildman–Crippen LogP) is 3.79. The van der Waals surface area contributed by atoms with E-state index in [0.29, 0.717) is 12.0 Å². The summed E-state index contributed by atoms with van der Waals surface area (Å²) in [5, 5.41) is 20.2.